The smallest absolute Gasteiger partial charge is 0.194 e. The Balaban J connectivity index is 2.28. The normalized spacial score (nSPS) is 11.7. The number of aryl methyl sites for hydroxylation is 1. The summed E-state index contributed by atoms with van der Waals surface area (Å²) in [6, 6.07) is 7.05. The number of fused-ring (bicyclic) bond motifs is 1. The third kappa shape index (κ3) is 2.69. The molecule has 0 atom stereocenters. The van der Waals surface area contributed by atoms with Gasteiger partial charge in [0, 0.05) is 18.9 Å². The van der Waals surface area contributed by atoms with Crippen LogP contribution in [0.4, 0.5) is 0 Å². The molecule has 0 amide bonds. The molecule has 0 aliphatic heterocycles. The quantitative estimate of drug-likeness (QED) is 0.718. The summed E-state index contributed by atoms with van der Waals surface area (Å²) in [7, 11) is 1.32. The number of aromatic nitrogens is 3. The molecular formula is C16H17N3O4S. The number of ether oxygens (including phenoxy) is 2. The Hall–Kier alpha value is -2.61. The minimum Gasteiger partial charge on any atom is -0.493 e. The maximum Gasteiger partial charge on any atom is 0.194 e. The van der Waals surface area contributed by atoms with Gasteiger partial charge in [-0.25, -0.2) is 18.4 Å². The van der Waals surface area contributed by atoms with Crippen LogP contribution in [0.3, 0.4) is 0 Å². The summed E-state index contributed by atoms with van der Waals surface area (Å²) < 4.78 is 36.5. The van der Waals surface area contributed by atoms with Crippen LogP contribution in [0.2, 0.25) is 0 Å². The minimum absolute atomic E-state index is 0.00443. The van der Waals surface area contributed by atoms with Crippen LogP contribution in [-0.4, -0.2) is 43.4 Å². The van der Waals surface area contributed by atoms with Crippen molar-refractivity contribution in [2.75, 3.05) is 20.5 Å². The van der Waals surface area contributed by atoms with Crippen molar-refractivity contribution in [3.63, 3.8) is 0 Å². The monoisotopic (exact) mass is 347 g/mol. The molecule has 2 aromatic heterocycles. The molecule has 0 aliphatic rings. The first-order chi connectivity index (χ1) is 11.3. The number of sulfone groups is 1. The van der Waals surface area contributed by atoms with Crippen molar-refractivity contribution >= 4 is 20.9 Å². The number of nitrogens with zero attached hydrogens (tertiary/aromatic N) is 3. The highest BCUT2D eigenvalue weighted by Gasteiger charge is 2.20. The van der Waals surface area contributed by atoms with Gasteiger partial charge in [0.2, 0.25) is 0 Å². The van der Waals surface area contributed by atoms with Gasteiger partial charge in [-0.1, -0.05) is 0 Å². The van der Waals surface area contributed by atoms with E-state index in [1.807, 2.05) is 0 Å². The van der Waals surface area contributed by atoms with Gasteiger partial charge in [0.15, 0.2) is 26.4 Å². The standard InChI is InChI=1S/C16H17N3O4S/c1-19-9-17-12-8-11(18-16(15(12)19)24(4,20)21)10-5-6-13(22-2)14(7-10)23-3/h5-9H,1-4H3. The van der Waals surface area contributed by atoms with Crippen LogP contribution in [0.1, 0.15) is 0 Å². The Morgan fingerprint density at radius 2 is 1.79 bits per heavy atom. The lowest BCUT2D eigenvalue weighted by atomic mass is 10.1. The maximum atomic E-state index is 12.2. The number of benzene rings is 1. The van der Waals surface area contributed by atoms with E-state index in [9.17, 15) is 8.42 Å². The number of hydrogen-bond acceptors (Lipinski definition) is 6. The molecule has 7 nitrogen and oxygen atoms in total. The van der Waals surface area contributed by atoms with Crippen molar-refractivity contribution in [2.45, 2.75) is 5.03 Å². The van der Waals surface area contributed by atoms with Crippen LogP contribution >= 0.6 is 0 Å². The van der Waals surface area contributed by atoms with E-state index in [4.69, 9.17) is 9.47 Å². The first-order valence-corrected chi connectivity index (χ1v) is 8.99. The lowest BCUT2D eigenvalue weighted by Gasteiger charge is -2.10. The van der Waals surface area contributed by atoms with Gasteiger partial charge in [-0.05, 0) is 24.3 Å². The molecule has 0 bridgehead atoms. The van der Waals surface area contributed by atoms with Crippen LogP contribution in [0.25, 0.3) is 22.3 Å². The zero-order valence-electron chi connectivity index (χ0n) is 13.8. The SMILES string of the molecule is COc1ccc(-c2cc3ncn(C)c3c(S(C)(=O)=O)n2)cc1OC. The van der Waals surface area contributed by atoms with Crippen LogP contribution in [0, 0.1) is 0 Å². The highest BCUT2D eigenvalue weighted by Crippen LogP contribution is 2.33. The molecule has 0 N–H and O–H groups in total. The van der Waals surface area contributed by atoms with Crippen molar-refractivity contribution in [3.8, 4) is 22.8 Å². The summed E-state index contributed by atoms with van der Waals surface area (Å²) in [4.78, 5) is 8.62. The molecule has 24 heavy (non-hydrogen) atoms. The highest BCUT2D eigenvalue weighted by atomic mass is 32.2. The molecule has 126 valence electrons. The van der Waals surface area contributed by atoms with Crippen molar-refractivity contribution < 1.29 is 17.9 Å². The minimum atomic E-state index is -3.51. The van der Waals surface area contributed by atoms with Gasteiger partial charge in [0.25, 0.3) is 0 Å². The Kier molecular flexibility index (Phi) is 3.92. The molecule has 3 aromatic rings. The van der Waals surface area contributed by atoms with Crippen LogP contribution in [0.15, 0.2) is 35.6 Å². The second-order valence-electron chi connectivity index (χ2n) is 5.38. The lowest BCUT2D eigenvalue weighted by molar-refractivity contribution is 0.355. The summed E-state index contributed by atoms with van der Waals surface area (Å²) in [6.07, 6.45) is 2.71. The second kappa shape index (κ2) is 5.79. The molecule has 0 radical (unpaired) electrons. The van der Waals surface area contributed by atoms with Gasteiger partial charge in [0.1, 0.15) is 5.52 Å². The fourth-order valence-electron chi connectivity index (χ4n) is 2.54. The molecule has 0 fully saturated rings. The van der Waals surface area contributed by atoms with Gasteiger partial charge in [-0.15, -0.1) is 0 Å². The van der Waals surface area contributed by atoms with Crippen molar-refractivity contribution in [1.29, 1.82) is 0 Å². The van der Waals surface area contributed by atoms with Gasteiger partial charge in [-0.2, -0.15) is 0 Å². The van der Waals surface area contributed by atoms with Crippen molar-refractivity contribution in [3.05, 3.63) is 30.6 Å². The summed E-state index contributed by atoms with van der Waals surface area (Å²) in [6.45, 7) is 0. The maximum absolute atomic E-state index is 12.2. The van der Waals surface area contributed by atoms with Gasteiger partial charge in [0.05, 0.1) is 31.8 Å². The van der Waals surface area contributed by atoms with E-state index in [-0.39, 0.29) is 5.03 Å². The Morgan fingerprint density at radius 1 is 1.08 bits per heavy atom. The van der Waals surface area contributed by atoms with Crippen molar-refractivity contribution in [1.82, 2.24) is 14.5 Å². The van der Waals surface area contributed by atoms with E-state index in [0.29, 0.717) is 33.8 Å². The number of rotatable bonds is 4. The summed E-state index contributed by atoms with van der Waals surface area (Å²) >= 11 is 0. The molecule has 0 saturated carbocycles. The number of imidazole rings is 1. The molecular weight excluding hydrogens is 330 g/mol. The summed E-state index contributed by atoms with van der Waals surface area (Å²) in [5.41, 5.74) is 2.27. The third-order valence-electron chi connectivity index (χ3n) is 3.69. The fraction of sp³-hybridized carbons (Fsp3) is 0.250. The van der Waals surface area contributed by atoms with Gasteiger partial charge < -0.3 is 14.0 Å². The molecule has 1 aromatic carbocycles. The van der Waals surface area contributed by atoms with E-state index in [0.717, 1.165) is 6.26 Å². The summed E-state index contributed by atoms with van der Waals surface area (Å²) in [5, 5.41) is 0.00443. The molecule has 8 heteroatoms. The first kappa shape index (κ1) is 16.3. The predicted octanol–water partition coefficient (Wildman–Crippen LogP) is 2.06. The number of pyridine rings is 1. The van der Waals surface area contributed by atoms with E-state index >= 15 is 0 Å². The number of hydrogen-bond donors (Lipinski definition) is 0. The van der Waals surface area contributed by atoms with E-state index in [1.54, 1.807) is 56.4 Å². The Labute approximate surface area is 139 Å². The van der Waals surface area contributed by atoms with Crippen LogP contribution < -0.4 is 9.47 Å². The lowest BCUT2D eigenvalue weighted by Crippen LogP contribution is -2.05. The molecule has 0 unspecified atom stereocenters. The van der Waals surface area contributed by atoms with Gasteiger partial charge >= 0.3 is 0 Å². The van der Waals surface area contributed by atoms with E-state index in [2.05, 4.69) is 9.97 Å². The van der Waals surface area contributed by atoms with E-state index in [1.165, 1.54) is 0 Å². The third-order valence-corrected chi connectivity index (χ3v) is 4.68. The molecule has 2 heterocycles. The average Bonchev–Trinajstić information content (AvgIpc) is 2.93. The zero-order valence-corrected chi connectivity index (χ0v) is 14.6. The largest absolute Gasteiger partial charge is 0.493 e. The Morgan fingerprint density at radius 3 is 2.42 bits per heavy atom. The van der Waals surface area contributed by atoms with E-state index < -0.39 is 9.84 Å². The second-order valence-corrected chi connectivity index (χ2v) is 7.31. The first-order valence-electron chi connectivity index (χ1n) is 7.09. The predicted molar refractivity (Wildman–Crippen MR) is 90.2 cm³/mol. The van der Waals surface area contributed by atoms with Crippen LogP contribution in [-0.2, 0) is 16.9 Å². The van der Waals surface area contributed by atoms with Gasteiger partial charge in [-0.3, -0.25) is 0 Å². The molecule has 3 rings (SSSR count). The molecule has 0 aliphatic carbocycles. The average molecular weight is 347 g/mol. The molecule has 0 spiro atoms. The van der Waals surface area contributed by atoms with Crippen LogP contribution in [0.5, 0.6) is 11.5 Å². The topological polar surface area (TPSA) is 83.3 Å². The zero-order chi connectivity index (χ0) is 17.5. The van der Waals surface area contributed by atoms with Crippen molar-refractivity contribution in [2.24, 2.45) is 7.05 Å². The highest BCUT2D eigenvalue weighted by molar-refractivity contribution is 7.90. The number of methoxy groups -OCH3 is 2. The summed E-state index contributed by atoms with van der Waals surface area (Å²) in [5.74, 6) is 1.13. The fourth-order valence-corrected chi connectivity index (χ4v) is 3.40. The Bertz CT molecular complexity index is 1030. The molecule has 0 saturated heterocycles.